The molecule has 140 valence electrons. The van der Waals surface area contributed by atoms with Crippen LogP contribution in [0.25, 0.3) is 0 Å². The number of carbonyl (C=O) groups is 1. The number of aryl methyl sites for hydroxylation is 1. The summed E-state index contributed by atoms with van der Waals surface area (Å²) in [7, 11) is 0. The zero-order chi connectivity index (χ0) is 19.3. The zero-order valence-electron chi connectivity index (χ0n) is 14.2. The molecule has 0 radical (unpaired) electrons. The number of amides is 1. The van der Waals surface area contributed by atoms with Crippen LogP contribution >= 0.6 is 34.2 Å². The minimum absolute atomic E-state index is 0.0160. The fourth-order valence-electron chi connectivity index (χ4n) is 3.35. The molecule has 1 aromatic carbocycles. The van der Waals surface area contributed by atoms with Gasteiger partial charge in [-0.3, -0.25) is 10.2 Å². The Hall–Kier alpha value is -1.22. The maximum absolute atomic E-state index is 13.0. The Balaban J connectivity index is 1.76. The molecule has 0 aromatic heterocycles. The normalized spacial score (nSPS) is 22.0. The summed E-state index contributed by atoms with van der Waals surface area (Å²) in [6, 6.07) is 5.04. The quantitative estimate of drug-likeness (QED) is 0.270. The van der Waals surface area contributed by atoms with Gasteiger partial charge in [0.1, 0.15) is 10.9 Å². The predicted octanol–water partition coefficient (Wildman–Crippen LogP) is 4.69. The molecule has 1 fully saturated rings. The number of rotatable bonds is 6. The van der Waals surface area contributed by atoms with Gasteiger partial charge in [0, 0.05) is 29.1 Å². The number of nitrogens with one attached hydrogen (secondary N) is 1. The van der Waals surface area contributed by atoms with Gasteiger partial charge in [-0.15, -0.1) is 0 Å². The third-order valence-electron chi connectivity index (χ3n) is 4.96. The highest BCUT2D eigenvalue weighted by molar-refractivity contribution is 14.1. The van der Waals surface area contributed by atoms with Crippen molar-refractivity contribution >= 4 is 45.3 Å². The van der Waals surface area contributed by atoms with E-state index in [1.54, 1.807) is 36.1 Å². The van der Waals surface area contributed by atoms with Crippen molar-refractivity contribution in [1.29, 1.82) is 5.41 Å². The van der Waals surface area contributed by atoms with Crippen LogP contribution < -0.4 is 4.74 Å². The maximum atomic E-state index is 13.0. The topological polar surface area (TPSA) is 53.4 Å². The molecule has 1 N–H and O–H groups in total. The Kier molecular flexibility index (Phi) is 5.07. The smallest absolute Gasteiger partial charge is 0.329 e. The number of hydrogen-bond acceptors (Lipinski definition) is 3. The van der Waals surface area contributed by atoms with Gasteiger partial charge in [-0.25, -0.2) is 0 Å². The highest BCUT2D eigenvalue weighted by atomic mass is 127. The second kappa shape index (κ2) is 6.74. The van der Waals surface area contributed by atoms with Crippen molar-refractivity contribution < 1.29 is 18.3 Å². The van der Waals surface area contributed by atoms with E-state index in [0.29, 0.717) is 12.3 Å². The molecule has 2 unspecified atom stereocenters. The van der Waals surface area contributed by atoms with Crippen LogP contribution in [-0.2, 0) is 4.79 Å². The first-order valence-electron chi connectivity index (χ1n) is 8.10. The van der Waals surface area contributed by atoms with Crippen molar-refractivity contribution in [1.82, 2.24) is 4.90 Å². The van der Waals surface area contributed by atoms with E-state index in [9.17, 15) is 13.6 Å². The third kappa shape index (κ3) is 3.60. The Bertz CT molecular complexity index is 788. The molecule has 0 bridgehead atoms. The number of hydrogen-bond donors (Lipinski definition) is 1. The molecule has 1 heterocycles. The number of benzene rings is 1. The average molecular weight is 495 g/mol. The van der Waals surface area contributed by atoms with Crippen LogP contribution in [0.15, 0.2) is 30.4 Å². The Morgan fingerprint density at radius 3 is 2.65 bits per heavy atom. The summed E-state index contributed by atoms with van der Waals surface area (Å²) in [5, 5.41) is 7.72. The molecule has 1 aliphatic carbocycles. The van der Waals surface area contributed by atoms with E-state index in [1.807, 2.05) is 13.0 Å². The van der Waals surface area contributed by atoms with Crippen LogP contribution in [0.2, 0.25) is 0 Å². The average Bonchev–Trinajstić information content (AvgIpc) is 3.27. The fraction of sp³-hybridized carbons (Fsp3) is 0.444. The van der Waals surface area contributed by atoms with Crippen LogP contribution in [0.3, 0.4) is 0 Å². The van der Waals surface area contributed by atoms with Crippen LogP contribution in [0.5, 0.6) is 5.75 Å². The first-order valence-corrected chi connectivity index (χ1v) is 9.56. The zero-order valence-corrected chi connectivity index (χ0v) is 17.1. The minimum Gasteiger partial charge on any atom is -0.486 e. The fourth-order valence-corrected chi connectivity index (χ4v) is 3.76. The molecule has 4 nitrogen and oxygen atoms in total. The van der Waals surface area contributed by atoms with Gasteiger partial charge in [-0.05, 0) is 31.0 Å². The molecule has 2 atom stereocenters. The Morgan fingerprint density at radius 2 is 2.19 bits per heavy atom. The molecule has 1 amide bonds. The van der Waals surface area contributed by atoms with Gasteiger partial charge in [-0.2, -0.15) is 8.78 Å². The van der Waals surface area contributed by atoms with Gasteiger partial charge < -0.3 is 9.64 Å². The van der Waals surface area contributed by atoms with Crippen molar-refractivity contribution in [3.63, 3.8) is 0 Å². The second-order valence-corrected chi connectivity index (χ2v) is 8.71. The predicted molar refractivity (Wildman–Crippen MR) is 104 cm³/mol. The number of nitrogens with zero attached hydrogens (tertiary/aromatic N) is 1. The number of halogens is 4. The Labute approximate surface area is 169 Å². The molecular formula is C18H18ClF2IN2O2. The van der Waals surface area contributed by atoms with E-state index >= 15 is 0 Å². The summed E-state index contributed by atoms with van der Waals surface area (Å²) in [5.41, 5.74) is 0.876. The first-order chi connectivity index (χ1) is 12.0. The van der Waals surface area contributed by atoms with Gasteiger partial charge in [0.2, 0.25) is 5.91 Å². The maximum Gasteiger partial charge on any atom is 0.329 e. The summed E-state index contributed by atoms with van der Waals surface area (Å²) in [5.74, 6) is 0.00224. The molecule has 1 aromatic rings. The molecule has 1 aliphatic heterocycles. The summed E-state index contributed by atoms with van der Waals surface area (Å²) in [6.07, 6.45) is 3.60. The van der Waals surface area contributed by atoms with Crippen molar-refractivity contribution in [2.24, 2.45) is 11.3 Å². The number of carbonyl (C=O) groups excluding carboxylic acids is 1. The number of likely N-dealkylation sites (tertiary alicyclic amines) is 1. The molecular weight excluding hydrogens is 477 g/mol. The molecule has 1 saturated heterocycles. The van der Waals surface area contributed by atoms with Crippen molar-refractivity contribution in [2.45, 2.75) is 23.8 Å². The van der Waals surface area contributed by atoms with Gasteiger partial charge >= 0.3 is 3.93 Å². The summed E-state index contributed by atoms with van der Waals surface area (Å²) < 4.78 is 28.2. The van der Waals surface area contributed by atoms with Gasteiger partial charge in [0.15, 0.2) is 6.61 Å². The van der Waals surface area contributed by atoms with E-state index in [-0.39, 0.29) is 23.0 Å². The highest BCUT2D eigenvalue weighted by Crippen LogP contribution is 2.52. The lowest BCUT2D eigenvalue weighted by Crippen LogP contribution is -2.31. The van der Waals surface area contributed by atoms with Crippen molar-refractivity contribution in [3.8, 4) is 5.75 Å². The van der Waals surface area contributed by atoms with Gasteiger partial charge in [0.05, 0.1) is 17.4 Å². The monoisotopic (exact) mass is 494 g/mol. The molecule has 26 heavy (non-hydrogen) atoms. The van der Waals surface area contributed by atoms with Crippen molar-refractivity contribution in [3.05, 3.63) is 41.5 Å². The minimum atomic E-state index is -2.93. The third-order valence-corrected chi connectivity index (χ3v) is 5.53. The summed E-state index contributed by atoms with van der Waals surface area (Å²) >= 11 is 6.93. The lowest BCUT2D eigenvalue weighted by molar-refractivity contribution is -0.133. The van der Waals surface area contributed by atoms with E-state index in [4.69, 9.17) is 21.7 Å². The van der Waals surface area contributed by atoms with Crippen LogP contribution in [0.1, 0.15) is 24.1 Å². The molecule has 1 spiro atoms. The van der Waals surface area contributed by atoms with E-state index in [2.05, 4.69) is 0 Å². The van der Waals surface area contributed by atoms with Crippen LogP contribution in [0, 0.1) is 23.7 Å². The van der Waals surface area contributed by atoms with Crippen LogP contribution in [-0.4, -0.2) is 33.1 Å². The molecule has 0 saturated carbocycles. The largest absolute Gasteiger partial charge is 0.486 e. The molecule has 3 rings (SSSR count). The summed E-state index contributed by atoms with van der Waals surface area (Å²) in [6.45, 7) is 3.38. The Morgan fingerprint density at radius 1 is 1.54 bits per heavy atom. The van der Waals surface area contributed by atoms with Crippen LogP contribution in [0.4, 0.5) is 8.78 Å². The molecule has 2 aliphatic rings. The van der Waals surface area contributed by atoms with E-state index in [1.165, 1.54) is 0 Å². The second-order valence-electron chi connectivity index (χ2n) is 6.73. The summed E-state index contributed by atoms with van der Waals surface area (Å²) in [4.78, 5) is 14.5. The van der Waals surface area contributed by atoms with E-state index < -0.39 is 16.0 Å². The van der Waals surface area contributed by atoms with E-state index in [0.717, 1.165) is 33.7 Å². The molecule has 8 heteroatoms. The highest BCUT2D eigenvalue weighted by Gasteiger charge is 2.59. The van der Waals surface area contributed by atoms with Gasteiger partial charge in [0.25, 0.3) is 0 Å². The number of alkyl halides is 3. The van der Waals surface area contributed by atoms with Crippen molar-refractivity contribution in [2.75, 3.05) is 13.2 Å². The lowest BCUT2D eigenvalue weighted by atomic mass is 9.91. The van der Waals surface area contributed by atoms with Gasteiger partial charge in [-0.1, -0.05) is 35.9 Å². The number of ether oxygens (including phenoxy) is 1. The first kappa shape index (κ1) is 19.5. The standard InChI is InChI=1S/C18H18ClF2IN2O2/c1-10-7-12(3-4-14(10)26-9-18(20,21)22)11(2)24-8-13(15(19)23)17(5-6-17)16(24)25/h3-7,11,13,23H,8-9H2,1-2H3. The SMILES string of the molecule is Cc1cc(C(C)N2CC(C(=N)Cl)C3(C=C3)C2=O)ccc1OCC(F)(F)I. The lowest BCUT2D eigenvalue weighted by Gasteiger charge is -2.26.